The smallest absolute Gasteiger partial charge is 0.164 e. The minimum Gasteiger partial charge on any atom is -0.327 e. The third-order valence-corrected chi connectivity index (χ3v) is 7.97. The second-order valence-electron chi connectivity index (χ2n) is 6.43. The molecule has 19 heavy (non-hydrogen) atoms. The van der Waals surface area contributed by atoms with E-state index in [0.29, 0.717) is 17.9 Å². The molecule has 1 aliphatic heterocycles. The molecule has 2 N–H and O–H groups in total. The summed E-state index contributed by atoms with van der Waals surface area (Å²) >= 11 is 1.76. The molecule has 3 rings (SSSR count). The molecular weight excluding hydrogens is 280 g/mol. The number of rotatable bonds is 3. The highest BCUT2D eigenvalue weighted by molar-refractivity contribution is 8.00. The van der Waals surface area contributed by atoms with Crippen LogP contribution in [0.3, 0.4) is 0 Å². The fourth-order valence-electron chi connectivity index (χ4n) is 4.22. The molecule has 1 saturated heterocycles. The van der Waals surface area contributed by atoms with Gasteiger partial charge in [0, 0.05) is 36.9 Å². The highest BCUT2D eigenvalue weighted by Gasteiger charge is 2.47. The van der Waals surface area contributed by atoms with Crippen molar-refractivity contribution in [1.29, 1.82) is 0 Å². The SMILES string of the molecule is CS(=O)(=O)C1CSCCN1CC1C2CCC(C2)C1N. The molecule has 2 bridgehead atoms. The highest BCUT2D eigenvalue weighted by atomic mass is 32.2. The summed E-state index contributed by atoms with van der Waals surface area (Å²) in [6, 6.07) is 0.300. The summed E-state index contributed by atoms with van der Waals surface area (Å²) < 4.78 is 23.9. The monoisotopic (exact) mass is 304 g/mol. The Morgan fingerprint density at radius 1 is 1.32 bits per heavy atom. The van der Waals surface area contributed by atoms with Crippen LogP contribution in [0.15, 0.2) is 0 Å². The van der Waals surface area contributed by atoms with Crippen molar-refractivity contribution in [3.8, 4) is 0 Å². The molecule has 2 saturated carbocycles. The van der Waals surface area contributed by atoms with Gasteiger partial charge < -0.3 is 5.73 Å². The third kappa shape index (κ3) is 2.69. The molecule has 5 unspecified atom stereocenters. The van der Waals surface area contributed by atoms with Crippen LogP contribution in [-0.2, 0) is 9.84 Å². The molecule has 110 valence electrons. The van der Waals surface area contributed by atoms with Crippen molar-refractivity contribution in [3.63, 3.8) is 0 Å². The first-order valence-electron chi connectivity index (χ1n) is 7.23. The molecule has 3 fully saturated rings. The van der Waals surface area contributed by atoms with E-state index in [2.05, 4.69) is 4.90 Å². The van der Waals surface area contributed by atoms with Gasteiger partial charge in [-0.3, -0.25) is 4.90 Å². The van der Waals surface area contributed by atoms with Gasteiger partial charge in [-0.05, 0) is 37.0 Å². The first kappa shape index (κ1) is 14.2. The molecule has 1 heterocycles. The summed E-state index contributed by atoms with van der Waals surface area (Å²) in [6.45, 7) is 1.78. The van der Waals surface area contributed by atoms with Gasteiger partial charge in [0.25, 0.3) is 0 Å². The fraction of sp³-hybridized carbons (Fsp3) is 1.00. The average molecular weight is 304 g/mol. The Labute approximate surface area is 120 Å². The molecule has 5 atom stereocenters. The summed E-state index contributed by atoms with van der Waals surface area (Å²) in [5.74, 6) is 3.73. The van der Waals surface area contributed by atoms with Crippen LogP contribution in [0.5, 0.6) is 0 Å². The van der Waals surface area contributed by atoms with Crippen LogP contribution in [0.25, 0.3) is 0 Å². The van der Waals surface area contributed by atoms with Gasteiger partial charge in [0.05, 0.1) is 0 Å². The Bertz CT molecular complexity index is 438. The summed E-state index contributed by atoms with van der Waals surface area (Å²) in [4.78, 5) is 2.19. The molecule has 2 aliphatic carbocycles. The zero-order valence-corrected chi connectivity index (χ0v) is 13.1. The predicted octanol–water partition coefficient (Wildman–Crippen LogP) is 0.779. The molecule has 0 aromatic rings. The molecule has 0 radical (unpaired) electrons. The van der Waals surface area contributed by atoms with Crippen molar-refractivity contribution in [1.82, 2.24) is 4.90 Å². The van der Waals surface area contributed by atoms with Gasteiger partial charge in [-0.25, -0.2) is 8.42 Å². The lowest BCUT2D eigenvalue weighted by Crippen LogP contribution is -2.51. The average Bonchev–Trinajstić information content (AvgIpc) is 2.92. The maximum absolute atomic E-state index is 11.9. The largest absolute Gasteiger partial charge is 0.327 e. The minimum atomic E-state index is -2.98. The van der Waals surface area contributed by atoms with E-state index in [9.17, 15) is 8.42 Å². The Balaban J connectivity index is 1.71. The summed E-state index contributed by atoms with van der Waals surface area (Å²) in [5, 5.41) is -0.294. The fourth-order valence-corrected chi connectivity index (χ4v) is 7.17. The quantitative estimate of drug-likeness (QED) is 0.835. The van der Waals surface area contributed by atoms with Crippen molar-refractivity contribution < 1.29 is 8.42 Å². The first-order valence-corrected chi connectivity index (χ1v) is 10.3. The zero-order valence-electron chi connectivity index (χ0n) is 11.5. The Morgan fingerprint density at radius 3 is 2.68 bits per heavy atom. The van der Waals surface area contributed by atoms with Crippen molar-refractivity contribution in [2.45, 2.75) is 30.7 Å². The second-order valence-corrected chi connectivity index (χ2v) is 9.78. The zero-order chi connectivity index (χ0) is 13.6. The number of sulfone groups is 1. The molecule has 6 heteroatoms. The Kier molecular flexibility index (Phi) is 3.88. The molecule has 3 aliphatic rings. The van der Waals surface area contributed by atoms with E-state index in [1.807, 2.05) is 0 Å². The maximum Gasteiger partial charge on any atom is 0.164 e. The topological polar surface area (TPSA) is 63.4 Å². The van der Waals surface area contributed by atoms with E-state index in [1.165, 1.54) is 25.5 Å². The maximum atomic E-state index is 11.9. The van der Waals surface area contributed by atoms with Crippen molar-refractivity contribution in [2.24, 2.45) is 23.5 Å². The number of fused-ring (bicyclic) bond motifs is 2. The summed E-state index contributed by atoms with van der Waals surface area (Å²) in [5.41, 5.74) is 6.35. The van der Waals surface area contributed by atoms with Crippen LogP contribution in [0.4, 0.5) is 0 Å². The van der Waals surface area contributed by atoms with Gasteiger partial charge >= 0.3 is 0 Å². The van der Waals surface area contributed by atoms with E-state index in [0.717, 1.165) is 30.5 Å². The minimum absolute atomic E-state index is 0.294. The van der Waals surface area contributed by atoms with Crippen LogP contribution >= 0.6 is 11.8 Å². The summed E-state index contributed by atoms with van der Waals surface area (Å²) in [7, 11) is -2.98. The number of nitrogens with zero attached hydrogens (tertiary/aromatic N) is 1. The van der Waals surface area contributed by atoms with Gasteiger partial charge in [-0.2, -0.15) is 11.8 Å². The van der Waals surface area contributed by atoms with E-state index < -0.39 is 9.84 Å². The lowest BCUT2D eigenvalue weighted by molar-refractivity contribution is 0.171. The number of hydrogen-bond acceptors (Lipinski definition) is 5. The normalized spacial score (nSPS) is 43.8. The third-order valence-electron chi connectivity index (χ3n) is 5.29. The second kappa shape index (κ2) is 5.20. The van der Waals surface area contributed by atoms with Gasteiger partial charge in [-0.15, -0.1) is 0 Å². The molecule has 0 aromatic carbocycles. The summed E-state index contributed by atoms with van der Waals surface area (Å²) in [6.07, 6.45) is 5.23. The van der Waals surface area contributed by atoms with Crippen LogP contribution in [0.1, 0.15) is 19.3 Å². The lowest BCUT2D eigenvalue weighted by atomic mass is 9.84. The van der Waals surface area contributed by atoms with E-state index in [1.54, 1.807) is 11.8 Å². The molecule has 0 aromatic heterocycles. The molecule has 0 amide bonds. The number of hydrogen-bond donors (Lipinski definition) is 1. The standard InChI is InChI=1S/C13H24N2O2S2/c1-19(16,17)12-8-18-5-4-15(12)7-11-9-2-3-10(6-9)13(11)14/h9-13H,2-8,14H2,1H3. The van der Waals surface area contributed by atoms with Crippen molar-refractivity contribution >= 4 is 21.6 Å². The highest BCUT2D eigenvalue weighted by Crippen LogP contribution is 2.48. The van der Waals surface area contributed by atoms with Crippen LogP contribution in [0, 0.1) is 17.8 Å². The van der Waals surface area contributed by atoms with E-state index in [4.69, 9.17) is 5.73 Å². The van der Waals surface area contributed by atoms with Crippen LogP contribution in [-0.4, -0.2) is 55.6 Å². The Morgan fingerprint density at radius 2 is 2.05 bits per heavy atom. The number of thioether (sulfide) groups is 1. The van der Waals surface area contributed by atoms with E-state index >= 15 is 0 Å². The van der Waals surface area contributed by atoms with Crippen LogP contribution in [0.2, 0.25) is 0 Å². The Hall–Kier alpha value is 0.220. The van der Waals surface area contributed by atoms with Gasteiger partial charge in [0.2, 0.25) is 0 Å². The van der Waals surface area contributed by atoms with Crippen LogP contribution < -0.4 is 5.73 Å². The van der Waals surface area contributed by atoms with Crippen molar-refractivity contribution in [2.75, 3.05) is 30.9 Å². The number of nitrogens with two attached hydrogens (primary N) is 1. The molecular formula is C13H24N2O2S2. The van der Waals surface area contributed by atoms with Gasteiger partial charge in [-0.1, -0.05) is 0 Å². The predicted molar refractivity (Wildman–Crippen MR) is 79.8 cm³/mol. The van der Waals surface area contributed by atoms with Gasteiger partial charge in [0.1, 0.15) is 5.37 Å². The lowest BCUT2D eigenvalue weighted by Gasteiger charge is -2.39. The van der Waals surface area contributed by atoms with E-state index in [-0.39, 0.29) is 5.37 Å². The molecule has 4 nitrogen and oxygen atoms in total. The van der Waals surface area contributed by atoms with Gasteiger partial charge in [0.15, 0.2) is 9.84 Å². The molecule has 0 spiro atoms. The first-order chi connectivity index (χ1) is 8.97. The van der Waals surface area contributed by atoms with Crippen molar-refractivity contribution in [3.05, 3.63) is 0 Å².